The van der Waals surface area contributed by atoms with E-state index in [9.17, 15) is 0 Å². The molecule has 1 aromatic carbocycles. The largest absolute Gasteiger partial charge is 0.497 e. The molecule has 0 saturated heterocycles. The van der Waals surface area contributed by atoms with E-state index in [1.165, 1.54) is 0 Å². The number of aryl methyl sites for hydroxylation is 1. The summed E-state index contributed by atoms with van der Waals surface area (Å²) in [5, 5.41) is 3.35. The molecule has 5 nitrogen and oxygen atoms in total. The zero-order chi connectivity index (χ0) is 13.7. The van der Waals surface area contributed by atoms with Gasteiger partial charge in [-0.15, -0.1) is 0 Å². The number of anilines is 1. The number of methoxy groups -OCH3 is 2. The van der Waals surface area contributed by atoms with Gasteiger partial charge >= 0.3 is 0 Å². The van der Waals surface area contributed by atoms with Crippen LogP contribution in [0.5, 0.6) is 11.5 Å². The van der Waals surface area contributed by atoms with Crippen LogP contribution in [0.15, 0.2) is 30.6 Å². The number of hydrogen-bond donors (Lipinski definition) is 1. The van der Waals surface area contributed by atoms with E-state index in [2.05, 4.69) is 10.3 Å². The predicted molar refractivity (Wildman–Crippen MR) is 74.9 cm³/mol. The van der Waals surface area contributed by atoms with Crippen molar-refractivity contribution < 1.29 is 9.47 Å². The Hall–Kier alpha value is -2.17. The SMILES string of the molecule is COc1ccc(NCCc2nccn2C)c(OC)c1. The zero-order valence-corrected chi connectivity index (χ0v) is 11.5. The summed E-state index contributed by atoms with van der Waals surface area (Å²) >= 11 is 0. The maximum atomic E-state index is 5.34. The van der Waals surface area contributed by atoms with Crippen molar-refractivity contribution in [3.63, 3.8) is 0 Å². The molecule has 0 atom stereocenters. The molecule has 0 aliphatic carbocycles. The van der Waals surface area contributed by atoms with Crippen molar-refractivity contribution in [2.24, 2.45) is 7.05 Å². The third kappa shape index (κ3) is 3.19. The van der Waals surface area contributed by atoms with Crippen LogP contribution in [0.25, 0.3) is 0 Å². The van der Waals surface area contributed by atoms with Crippen LogP contribution >= 0.6 is 0 Å². The van der Waals surface area contributed by atoms with Gasteiger partial charge in [0.25, 0.3) is 0 Å². The van der Waals surface area contributed by atoms with E-state index in [1.807, 2.05) is 42.2 Å². The van der Waals surface area contributed by atoms with Gasteiger partial charge in [-0.1, -0.05) is 0 Å². The molecule has 0 aliphatic rings. The third-order valence-corrected chi connectivity index (χ3v) is 2.99. The molecule has 1 N–H and O–H groups in total. The van der Waals surface area contributed by atoms with Crippen LogP contribution in [0.3, 0.4) is 0 Å². The van der Waals surface area contributed by atoms with Gasteiger partial charge in [-0.05, 0) is 12.1 Å². The van der Waals surface area contributed by atoms with E-state index >= 15 is 0 Å². The first kappa shape index (κ1) is 13.3. The second-order valence-electron chi connectivity index (χ2n) is 4.20. The summed E-state index contributed by atoms with van der Waals surface area (Å²) in [7, 11) is 5.29. The van der Waals surface area contributed by atoms with Gasteiger partial charge in [0.1, 0.15) is 17.3 Å². The molecule has 0 spiro atoms. The minimum Gasteiger partial charge on any atom is -0.497 e. The highest BCUT2D eigenvalue weighted by atomic mass is 16.5. The average Bonchev–Trinajstić information content (AvgIpc) is 2.84. The lowest BCUT2D eigenvalue weighted by Gasteiger charge is -2.12. The monoisotopic (exact) mass is 261 g/mol. The van der Waals surface area contributed by atoms with Crippen LogP contribution in [0.1, 0.15) is 5.82 Å². The minimum atomic E-state index is 0.777. The summed E-state index contributed by atoms with van der Waals surface area (Å²) in [5.74, 6) is 2.62. The Bertz CT molecular complexity index is 537. The Labute approximate surface area is 113 Å². The van der Waals surface area contributed by atoms with Gasteiger partial charge in [-0.3, -0.25) is 0 Å². The first-order valence-corrected chi connectivity index (χ1v) is 6.16. The van der Waals surface area contributed by atoms with E-state index in [4.69, 9.17) is 9.47 Å². The molecule has 0 radical (unpaired) electrons. The quantitative estimate of drug-likeness (QED) is 0.865. The summed E-state index contributed by atoms with van der Waals surface area (Å²) in [6.45, 7) is 0.799. The Morgan fingerprint density at radius 3 is 2.74 bits per heavy atom. The maximum Gasteiger partial charge on any atom is 0.145 e. The van der Waals surface area contributed by atoms with Crippen LogP contribution in [0, 0.1) is 0 Å². The fourth-order valence-electron chi connectivity index (χ4n) is 1.89. The molecule has 0 bridgehead atoms. The second-order valence-corrected chi connectivity index (χ2v) is 4.20. The summed E-state index contributed by atoms with van der Waals surface area (Å²) in [6.07, 6.45) is 4.62. The molecular formula is C14H19N3O2. The van der Waals surface area contributed by atoms with Crippen molar-refractivity contribution in [3.8, 4) is 11.5 Å². The van der Waals surface area contributed by atoms with Crippen molar-refractivity contribution >= 4 is 5.69 Å². The highest BCUT2D eigenvalue weighted by molar-refractivity contribution is 5.59. The first-order valence-electron chi connectivity index (χ1n) is 6.16. The normalized spacial score (nSPS) is 10.3. The van der Waals surface area contributed by atoms with Gasteiger partial charge in [0.2, 0.25) is 0 Å². The van der Waals surface area contributed by atoms with Crippen LogP contribution in [-0.2, 0) is 13.5 Å². The number of ether oxygens (including phenoxy) is 2. The molecular weight excluding hydrogens is 242 g/mol. The lowest BCUT2D eigenvalue weighted by atomic mass is 10.2. The van der Waals surface area contributed by atoms with Crippen molar-refractivity contribution in [2.75, 3.05) is 26.1 Å². The lowest BCUT2D eigenvalue weighted by Crippen LogP contribution is -2.09. The van der Waals surface area contributed by atoms with Crippen molar-refractivity contribution in [1.29, 1.82) is 0 Å². The molecule has 0 fully saturated rings. The average molecular weight is 261 g/mol. The van der Waals surface area contributed by atoms with E-state index < -0.39 is 0 Å². The molecule has 102 valence electrons. The van der Waals surface area contributed by atoms with Crippen molar-refractivity contribution in [2.45, 2.75) is 6.42 Å². The van der Waals surface area contributed by atoms with Gasteiger partial charge in [0, 0.05) is 38.5 Å². The lowest BCUT2D eigenvalue weighted by molar-refractivity contribution is 0.395. The van der Waals surface area contributed by atoms with Crippen LogP contribution in [-0.4, -0.2) is 30.3 Å². The molecule has 19 heavy (non-hydrogen) atoms. The molecule has 0 amide bonds. The van der Waals surface area contributed by atoms with Gasteiger partial charge in [0.15, 0.2) is 0 Å². The summed E-state index contributed by atoms with van der Waals surface area (Å²) in [6, 6.07) is 5.73. The Morgan fingerprint density at radius 1 is 1.26 bits per heavy atom. The van der Waals surface area contributed by atoms with Gasteiger partial charge in [0.05, 0.1) is 19.9 Å². The Morgan fingerprint density at radius 2 is 2.11 bits per heavy atom. The smallest absolute Gasteiger partial charge is 0.145 e. The van der Waals surface area contributed by atoms with Crippen molar-refractivity contribution in [1.82, 2.24) is 9.55 Å². The number of nitrogens with zero attached hydrogens (tertiary/aromatic N) is 2. The molecule has 2 aromatic rings. The number of aromatic nitrogens is 2. The zero-order valence-electron chi connectivity index (χ0n) is 11.5. The third-order valence-electron chi connectivity index (χ3n) is 2.99. The summed E-state index contributed by atoms with van der Waals surface area (Å²) in [4.78, 5) is 4.29. The maximum absolute atomic E-state index is 5.34. The minimum absolute atomic E-state index is 0.777. The molecule has 0 saturated carbocycles. The van der Waals surface area contributed by atoms with E-state index in [1.54, 1.807) is 14.2 Å². The van der Waals surface area contributed by atoms with Crippen LogP contribution in [0.2, 0.25) is 0 Å². The first-order chi connectivity index (χ1) is 9.24. The van der Waals surface area contributed by atoms with Crippen molar-refractivity contribution in [3.05, 3.63) is 36.4 Å². The number of benzene rings is 1. The van der Waals surface area contributed by atoms with E-state index in [0.717, 1.165) is 36.0 Å². The van der Waals surface area contributed by atoms with E-state index in [-0.39, 0.29) is 0 Å². The van der Waals surface area contributed by atoms with Gasteiger partial charge in [-0.25, -0.2) is 4.98 Å². The molecule has 0 unspecified atom stereocenters. The number of hydrogen-bond acceptors (Lipinski definition) is 4. The number of imidazole rings is 1. The van der Waals surface area contributed by atoms with Crippen LogP contribution in [0.4, 0.5) is 5.69 Å². The Kier molecular flexibility index (Phi) is 4.28. The second kappa shape index (κ2) is 6.13. The summed E-state index contributed by atoms with van der Waals surface area (Å²) < 4.78 is 12.5. The van der Waals surface area contributed by atoms with Crippen LogP contribution < -0.4 is 14.8 Å². The van der Waals surface area contributed by atoms with Gasteiger partial charge < -0.3 is 19.4 Å². The fourth-order valence-corrected chi connectivity index (χ4v) is 1.89. The Balaban J connectivity index is 1.97. The highest BCUT2D eigenvalue weighted by Gasteiger charge is 2.05. The van der Waals surface area contributed by atoms with Gasteiger partial charge in [-0.2, -0.15) is 0 Å². The molecule has 0 aliphatic heterocycles. The predicted octanol–water partition coefficient (Wildman–Crippen LogP) is 2.09. The highest BCUT2D eigenvalue weighted by Crippen LogP contribution is 2.28. The molecule has 1 aromatic heterocycles. The van der Waals surface area contributed by atoms with E-state index in [0.29, 0.717) is 0 Å². The number of rotatable bonds is 6. The standard InChI is InChI=1S/C14H19N3O2/c1-17-9-8-16-14(17)6-7-15-12-5-4-11(18-2)10-13(12)19-3/h4-5,8-10,15H,6-7H2,1-3H3. The topological polar surface area (TPSA) is 48.3 Å². The molecule has 1 heterocycles. The summed E-state index contributed by atoms with van der Waals surface area (Å²) in [5.41, 5.74) is 0.956. The molecule has 5 heteroatoms. The fraction of sp³-hybridized carbons (Fsp3) is 0.357. The number of nitrogens with one attached hydrogen (secondary N) is 1. The molecule has 2 rings (SSSR count).